The summed E-state index contributed by atoms with van der Waals surface area (Å²) >= 11 is 0. The van der Waals surface area contributed by atoms with Crippen LogP contribution in [0.25, 0.3) is 0 Å². The highest BCUT2D eigenvalue weighted by Crippen LogP contribution is 2.71. The van der Waals surface area contributed by atoms with Crippen molar-refractivity contribution < 1.29 is 0 Å². The van der Waals surface area contributed by atoms with Crippen molar-refractivity contribution in [3.63, 3.8) is 0 Å². The van der Waals surface area contributed by atoms with Gasteiger partial charge in [-0.1, -0.05) is 36.4 Å². The zero-order chi connectivity index (χ0) is 27.2. The van der Waals surface area contributed by atoms with Gasteiger partial charge in [0, 0.05) is 11.4 Å². The monoisotopic (exact) mass is 500 g/mol. The van der Waals surface area contributed by atoms with E-state index < -0.39 is 0 Å². The summed E-state index contributed by atoms with van der Waals surface area (Å²) in [4.78, 5) is 5.47. The lowest BCUT2D eigenvalue weighted by molar-refractivity contribution is 0.481. The van der Waals surface area contributed by atoms with Gasteiger partial charge in [-0.05, 0) is 149 Å². The van der Waals surface area contributed by atoms with Gasteiger partial charge in [-0.2, -0.15) is 0 Å². The van der Waals surface area contributed by atoms with Crippen LogP contribution in [0.4, 0.5) is 11.4 Å². The molecule has 4 bridgehead atoms. The molecule has 0 aromatic heterocycles. The van der Waals surface area contributed by atoms with Crippen LogP contribution in [-0.4, -0.2) is 0 Å². The maximum Gasteiger partial charge on any atom is 0.0857 e. The first-order valence-electron chi connectivity index (χ1n) is 14.2. The third kappa shape index (κ3) is 2.12. The van der Waals surface area contributed by atoms with E-state index in [2.05, 4.69) is 140 Å². The molecular formula is C36H40N2. The van der Waals surface area contributed by atoms with E-state index in [1.54, 1.807) is 22.3 Å². The average molecular weight is 501 g/mol. The molecule has 3 aromatic carbocycles. The Bertz CT molecular complexity index is 1430. The summed E-state index contributed by atoms with van der Waals surface area (Å²) in [5.41, 5.74) is 17.0. The molecular weight excluding hydrogens is 460 g/mol. The van der Waals surface area contributed by atoms with Gasteiger partial charge in [-0.15, -0.1) is 0 Å². The van der Waals surface area contributed by atoms with Crippen molar-refractivity contribution in [2.75, 3.05) is 9.80 Å². The van der Waals surface area contributed by atoms with Gasteiger partial charge in [0.05, 0.1) is 22.2 Å². The third-order valence-corrected chi connectivity index (χ3v) is 11.8. The van der Waals surface area contributed by atoms with Gasteiger partial charge in [-0.3, -0.25) is 0 Å². The fourth-order valence-corrected chi connectivity index (χ4v) is 9.84. The maximum absolute atomic E-state index is 2.74. The van der Waals surface area contributed by atoms with Crippen LogP contribution in [0, 0.1) is 13.8 Å². The van der Waals surface area contributed by atoms with Gasteiger partial charge in [0.1, 0.15) is 0 Å². The van der Waals surface area contributed by atoms with E-state index in [0.29, 0.717) is 0 Å². The van der Waals surface area contributed by atoms with Crippen LogP contribution in [0.15, 0.2) is 83.0 Å². The predicted octanol–water partition coefficient (Wildman–Crippen LogP) is 8.90. The Labute approximate surface area is 228 Å². The molecule has 0 spiro atoms. The van der Waals surface area contributed by atoms with Crippen LogP contribution < -0.4 is 9.80 Å². The van der Waals surface area contributed by atoms with Crippen molar-refractivity contribution in [3.8, 4) is 0 Å². The molecule has 0 saturated heterocycles. The second-order valence-corrected chi connectivity index (χ2v) is 12.9. The Morgan fingerprint density at radius 3 is 0.868 bits per heavy atom. The van der Waals surface area contributed by atoms with Crippen LogP contribution in [0.3, 0.4) is 0 Å². The highest BCUT2D eigenvalue weighted by molar-refractivity contribution is 5.84. The lowest BCUT2D eigenvalue weighted by Crippen LogP contribution is -2.45. The van der Waals surface area contributed by atoms with Crippen molar-refractivity contribution in [3.05, 3.63) is 116 Å². The lowest BCUT2D eigenvalue weighted by Gasteiger charge is -2.42. The quantitative estimate of drug-likeness (QED) is 0.324. The molecule has 4 aliphatic heterocycles. The topological polar surface area (TPSA) is 6.48 Å². The van der Waals surface area contributed by atoms with E-state index in [1.807, 2.05) is 0 Å². The minimum atomic E-state index is -0.178. The van der Waals surface area contributed by atoms with Crippen molar-refractivity contribution in [1.82, 2.24) is 0 Å². The first-order chi connectivity index (χ1) is 17.9. The molecule has 4 heterocycles. The van der Waals surface area contributed by atoms with Gasteiger partial charge in [0.25, 0.3) is 0 Å². The molecule has 2 heteroatoms. The van der Waals surface area contributed by atoms with Crippen molar-refractivity contribution in [2.24, 2.45) is 0 Å². The molecule has 4 aliphatic rings. The minimum Gasteiger partial charge on any atom is -0.345 e. The van der Waals surface area contributed by atoms with Crippen molar-refractivity contribution in [2.45, 2.75) is 91.4 Å². The number of rotatable bonds is 2. The average Bonchev–Trinajstić information content (AvgIpc) is 3.39. The van der Waals surface area contributed by atoms with E-state index in [4.69, 9.17) is 0 Å². The van der Waals surface area contributed by atoms with Crippen LogP contribution >= 0.6 is 0 Å². The van der Waals surface area contributed by atoms with Gasteiger partial charge in [0.2, 0.25) is 0 Å². The van der Waals surface area contributed by atoms with Crippen LogP contribution in [0.2, 0.25) is 0 Å². The molecule has 194 valence electrons. The Kier molecular flexibility index (Phi) is 4.29. The number of para-hydroxylation sites is 2. The van der Waals surface area contributed by atoms with Gasteiger partial charge in [0.15, 0.2) is 0 Å². The molecule has 0 amide bonds. The molecule has 0 N–H and O–H groups in total. The summed E-state index contributed by atoms with van der Waals surface area (Å²) in [7, 11) is 0. The van der Waals surface area contributed by atoms with Crippen molar-refractivity contribution in [1.29, 1.82) is 0 Å². The fourth-order valence-electron chi connectivity index (χ4n) is 9.84. The van der Waals surface area contributed by atoms with E-state index in [0.717, 1.165) is 0 Å². The van der Waals surface area contributed by atoms with Crippen LogP contribution in [0.1, 0.15) is 88.8 Å². The predicted molar refractivity (Wildman–Crippen MR) is 160 cm³/mol. The molecule has 0 unspecified atom stereocenters. The molecule has 4 atom stereocenters. The number of fused-ring (bicyclic) bond motifs is 10. The molecule has 0 saturated carbocycles. The summed E-state index contributed by atoms with van der Waals surface area (Å²) in [6.07, 6.45) is 0. The van der Waals surface area contributed by atoms with E-state index in [1.165, 1.54) is 44.8 Å². The van der Waals surface area contributed by atoms with Crippen molar-refractivity contribution >= 4 is 11.4 Å². The number of anilines is 2. The Balaban J connectivity index is 1.60. The molecule has 7 rings (SSSR count). The first-order valence-corrected chi connectivity index (χ1v) is 14.2. The van der Waals surface area contributed by atoms with E-state index >= 15 is 0 Å². The minimum absolute atomic E-state index is 0.178. The summed E-state index contributed by atoms with van der Waals surface area (Å²) < 4.78 is 0. The van der Waals surface area contributed by atoms with E-state index in [9.17, 15) is 0 Å². The molecule has 0 radical (unpaired) electrons. The molecule has 38 heavy (non-hydrogen) atoms. The summed E-state index contributed by atoms with van der Waals surface area (Å²) in [5, 5.41) is 0. The fraction of sp³-hybridized carbons (Fsp3) is 0.389. The number of nitrogens with zero attached hydrogens (tertiary/aromatic N) is 2. The molecule has 2 nitrogen and oxygen atoms in total. The second kappa shape index (κ2) is 6.84. The zero-order valence-electron chi connectivity index (χ0n) is 24.7. The maximum atomic E-state index is 2.74. The Morgan fingerprint density at radius 1 is 0.395 bits per heavy atom. The number of benzene rings is 3. The van der Waals surface area contributed by atoms with E-state index in [-0.39, 0.29) is 22.2 Å². The van der Waals surface area contributed by atoms with Crippen LogP contribution in [-0.2, 0) is 22.2 Å². The van der Waals surface area contributed by atoms with Crippen LogP contribution in [0.5, 0.6) is 0 Å². The summed E-state index contributed by atoms with van der Waals surface area (Å²) in [6.45, 7) is 24.3. The lowest BCUT2D eigenvalue weighted by atomic mass is 9.64. The first kappa shape index (κ1) is 23.8. The molecule has 0 aliphatic carbocycles. The third-order valence-electron chi connectivity index (χ3n) is 11.8. The zero-order valence-corrected chi connectivity index (χ0v) is 24.7. The van der Waals surface area contributed by atoms with Gasteiger partial charge < -0.3 is 9.80 Å². The van der Waals surface area contributed by atoms with Gasteiger partial charge >= 0.3 is 0 Å². The summed E-state index contributed by atoms with van der Waals surface area (Å²) in [6, 6.07) is 22.2. The molecule has 0 fully saturated rings. The second-order valence-electron chi connectivity index (χ2n) is 12.9. The number of hydrogen-bond acceptors (Lipinski definition) is 2. The SMILES string of the molecule is CC1=C(C)[C@]2(C)c3c(C)c4c(c(C)c3[C@@]1(C)N2c1ccccc1)[C@@]1(C)C(C)=C(C)[C@]4(C)N1c1ccccc1. The largest absolute Gasteiger partial charge is 0.345 e. The number of hydrogen-bond donors (Lipinski definition) is 0. The smallest absolute Gasteiger partial charge is 0.0857 e. The summed E-state index contributed by atoms with van der Waals surface area (Å²) in [5.74, 6) is 0. The van der Waals surface area contributed by atoms with Gasteiger partial charge in [-0.25, -0.2) is 0 Å². The normalized spacial score (nSPS) is 32.6. The Hall–Kier alpha value is -3.26. The highest BCUT2D eigenvalue weighted by Gasteiger charge is 2.68. The Morgan fingerprint density at radius 2 is 0.632 bits per heavy atom. The standard InChI is InChI=1S/C36H40N2/c1-21-29-31(35(9)25(5)23(3)33(29,7)37(35)27-17-13-11-14-18-27)22(2)32-30(21)34(8)24(4)26(6)36(32,10)38(34)28-19-15-12-16-20-28/h11-20H,1-10H3/t33-,34+,35+,36-. The molecule has 3 aromatic rings. The highest BCUT2D eigenvalue weighted by atomic mass is 15.3.